The lowest BCUT2D eigenvalue weighted by molar-refractivity contribution is 0.0696. The highest BCUT2D eigenvalue weighted by molar-refractivity contribution is 6.03. The molecule has 0 aliphatic heterocycles. The minimum atomic E-state index is -1.07. The number of aromatic nitrogens is 1. The summed E-state index contributed by atoms with van der Waals surface area (Å²) in [5.74, 6) is -1.44. The largest absolute Gasteiger partial charge is 0.478 e. The van der Waals surface area contributed by atoms with Crippen molar-refractivity contribution in [2.75, 3.05) is 5.32 Å². The van der Waals surface area contributed by atoms with Gasteiger partial charge in [0.2, 0.25) is 0 Å². The molecule has 2 rings (SSSR count). The highest BCUT2D eigenvalue weighted by atomic mass is 16.4. The Balaban J connectivity index is 2.14. The van der Waals surface area contributed by atoms with E-state index in [-0.39, 0.29) is 17.2 Å². The summed E-state index contributed by atoms with van der Waals surface area (Å²) in [7, 11) is 0. The van der Waals surface area contributed by atoms with Gasteiger partial charge in [0.25, 0.3) is 5.91 Å². The Morgan fingerprint density at radius 2 is 2.00 bits per heavy atom. The van der Waals surface area contributed by atoms with Crippen LogP contribution in [0.2, 0.25) is 0 Å². The second-order valence-corrected chi connectivity index (χ2v) is 4.06. The molecule has 0 fully saturated rings. The first-order valence-electron chi connectivity index (χ1n) is 5.63. The molecule has 1 aromatic carbocycles. The molecule has 96 valence electrons. The molecule has 0 unspecified atom stereocenters. The van der Waals surface area contributed by atoms with Gasteiger partial charge in [-0.3, -0.25) is 9.78 Å². The third kappa shape index (κ3) is 3.16. The van der Waals surface area contributed by atoms with Gasteiger partial charge in [-0.15, -0.1) is 0 Å². The van der Waals surface area contributed by atoms with Crippen molar-refractivity contribution < 1.29 is 14.7 Å². The van der Waals surface area contributed by atoms with E-state index in [4.69, 9.17) is 5.11 Å². The topological polar surface area (TPSA) is 79.3 Å². The summed E-state index contributed by atoms with van der Waals surface area (Å²) in [6, 6.07) is 10.1. The molecular weight excluding hydrogens is 244 g/mol. The summed E-state index contributed by atoms with van der Waals surface area (Å²) in [4.78, 5) is 26.4. The van der Waals surface area contributed by atoms with Gasteiger partial charge >= 0.3 is 5.97 Å². The number of carbonyl (C=O) groups excluding carboxylic acids is 1. The maximum atomic E-state index is 11.9. The zero-order valence-electron chi connectivity index (χ0n) is 10.3. The second-order valence-electron chi connectivity index (χ2n) is 4.06. The number of carboxylic acids is 1. The number of benzene rings is 1. The Hall–Kier alpha value is -2.69. The van der Waals surface area contributed by atoms with E-state index in [1.165, 1.54) is 12.1 Å². The van der Waals surface area contributed by atoms with E-state index >= 15 is 0 Å². The van der Waals surface area contributed by atoms with Gasteiger partial charge in [0.05, 0.1) is 5.56 Å². The molecular formula is C14H12N2O3. The molecule has 1 heterocycles. The van der Waals surface area contributed by atoms with Crippen LogP contribution in [0, 0.1) is 6.92 Å². The van der Waals surface area contributed by atoms with Crippen molar-refractivity contribution in [3.8, 4) is 0 Å². The number of hydrogen-bond donors (Lipinski definition) is 2. The number of rotatable bonds is 3. The van der Waals surface area contributed by atoms with Gasteiger partial charge in [0.1, 0.15) is 5.69 Å². The minimum absolute atomic E-state index is 0.0482. The summed E-state index contributed by atoms with van der Waals surface area (Å²) in [5, 5.41) is 11.4. The fraction of sp³-hybridized carbons (Fsp3) is 0.0714. The Kier molecular flexibility index (Phi) is 3.56. The Morgan fingerprint density at radius 3 is 2.58 bits per heavy atom. The van der Waals surface area contributed by atoms with Gasteiger partial charge in [-0.1, -0.05) is 12.1 Å². The molecule has 0 radical (unpaired) electrons. The van der Waals surface area contributed by atoms with Crippen LogP contribution in [0.15, 0.2) is 42.6 Å². The summed E-state index contributed by atoms with van der Waals surface area (Å²) in [5.41, 5.74) is 1.93. The third-order valence-electron chi connectivity index (χ3n) is 2.52. The van der Waals surface area contributed by atoms with Crippen LogP contribution in [0.4, 0.5) is 5.69 Å². The van der Waals surface area contributed by atoms with Gasteiger partial charge in [-0.25, -0.2) is 4.79 Å². The zero-order valence-corrected chi connectivity index (χ0v) is 10.3. The Morgan fingerprint density at radius 1 is 1.21 bits per heavy atom. The van der Waals surface area contributed by atoms with Crippen molar-refractivity contribution in [1.82, 2.24) is 4.98 Å². The van der Waals surface area contributed by atoms with E-state index in [0.29, 0.717) is 5.69 Å². The molecule has 0 saturated heterocycles. The summed E-state index contributed by atoms with van der Waals surface area (Å²) >= 11 is 0. The highest BCUT2D eigenvalue weighted by Crippen LogP contribution is 2.11. The number of nitrogens with zero attached hydrogens (tertiary/aromatic N) is 1. The van der Waals surface area contributed by atoms with Gasteiger partial charge in [-0.05, 0) is 36.8 Å². The summed E-state index contributed by atoms with van der Waals surface area (Å²) in [6.45, 7) is 1.93. The SMILES string of the molecule is Cc1cccc(NC(=O)c2ccc(C(=O)O)cn2)c1. The lowest BCUT2D eigenvalue weighted by Crippen LogP contribution is -2.14. The maximum Gasteiger partial charge on any atom is 0.337 e. The van der Waals surface area contributed by atoms with Gasteiger partial charge < -0.3 is 10.4 Å². The maximum absolute atomic E-state index is 11.9. The molecule has 1 amide bonds. The average Bonchev–Trinajstić information content (AvgIpc) is 2.39. The van der Waals surface area contributed by atoms with E-state index in [1.807, 2.05) is 25.1 Å². The molecule has 5 heteroatoms. The Bertz CT molecular complexity index is 621. The normalized spacial score (nSPS) is 9.95. The number of anilines is 1. The van der Waals surface area contributed by atoms with Gasteiger partial charge in [0, 0.05) is 11.9 Å². The van der Waals surface area contributed by atoms with Crippen LogP contribution < -0.4 is 5.32 Å². The molecule has 19 heavy (non-hydrogen) atoms. The number of aromatic carboxylic acids is 1. The van der Waals surface area contributed by atoms with Crippen LogP contribution in [0.25, 0.3) is 0 Å². The number of carbonyl (C=O) groups is 2. The number of carboxylic acid groups (broad SMARTS) is 1. The molecule has 0 spiro atoms. The first kappa shape index (κ1) is 12.8. The zero-order chi connectivity index (χ0) is 13.8. The predicted octanol–water partition coefficient (Wildman–Crippen LogP) is 2.34. The standard InChI is InChI=1S/C14H12N2O3/c1-9-3-2-4-11(7-9)16-13(17)12-6-5-10(8-15-12)14(18)19/h2-8H,1H3,(H,16,17)(H,18,19). The van der Waals surface area contributed by atoms with Gasteiger partial charge in [-0.2, -0.15) is 0 Å². The fourth-order valence-corrected chi connectivity index (χ4v) is 1.57. The highest BCUT2D eigenvalue weighted by Gasteiger charge is 2.09. The monoisotopic (exact) mass is 256 g/mol. The van der Waals surface area contributed by atoms with Crippen LogP contribution >= 0.6 is 0 Å². The average molecular weight is 256 g/mol. The summed E-state index contributed by atoms with van der Waals surface area (Å²) in [6.07, 6.45) is 1.16. The van der Waals surface area contributed by atoms with Gasteiger partial charge in [0.15, 0.2) is 0 Å². The van der Waals surface area contributed by atoms with E-state index in [0.717, 1.165) is 11.8 Å². The molecule has 0 aliphatic rings. The molecule has 5 nitrogen and oxygen atoms in total. The summed E-state index contributed by atoms with van der Waals surface area (Å²) < 4.78 is 0. The number of pyridine rings is 1. The third-order valence-corrected chi connectivity index (χ3v) is 2.52. The van der Waals surface area contributed by atoms with E-state index in [1.54, 1.807) is 6.07 Å². The Labute approximate surface area is 109 Å². The second kappa shape index (κ2) is 5.30. The number of nitrogens with one attached hydrogen (secondary N) is 1. The first-order chi connectivity index (χ1) is 9.06. The van der Waals surface area contributed by atoms with Crippen LogP contribution in [-0.2, 0) is 0 Å². The van der Waals surface area contributed by atoms with Crippen molar-refractivity contribution in [3.05, 3.63) is 59.4 Å². The number of aryl methyl sites for hydroxylation is 1. The fourth-order valence-electron chi connectivity index (χ4n) is 1.57. The minimum Gasteiger partial charge on any atom is -0.478 e. The van der Waals surface area contributed by atoms with Crippen molar-refractivity contribution in [3.63, 3.8) is 0 Å². The van der Waals surface area contributed by atoms with Crippen molar-refractivity contribution >= 4 is 17.6 Å². The number of amides is 1. The van der Waals surface area contributed by atoms with Crippen molar-refractivity contribution in [2.45, 2.75) is 6.92 Å². The van der Waals surface area contributed by atoms with Crippen molar-refractivity contribution in [1.29, 1.82) is 0 Å². The molecule has 1 aromatic heterocycles. The van der Waals surface area contributed by atoms with E-state index < -0.39 is 5.97 Å². The van der Waals surface area contributed by atoms with E-state index in [2.05, 4.69) is 10.3 Å². The molecule has 0 aliphatic carbocycles. The van der Waals surface area contributed by atoms with Crippen LogP contribution in [-0.4, -0.2) is 22.0 Å². The lowest BCUT2D eigenvalue weighted by Gasteiger charge is -2.05. The molecule has 0 saturated carbocycles. The molecule has 0 atom stereocenters. The molecule has 0 bridgehead atoms. The smallest absolute Gasteiger partial charge is 0.337 e. The predicted molar refractivity (Wildman–Crippen MR) is 70.3 cm³/mol. The first-order valence-corrected chi connectivity index (χ1v) is 5.63. The quantitative estimate of drug-likeness (QED) is 0.883. The van der Waals surface area contributed by atoms with E-state index in [9.17, 15) is 9.59 Å². The molecule has 2 aromatic rings. The van der Waals surface area contributed by atoms with Crippen molar-refractivity contribution in [2.24, 2.45) is 0 Å². The number of hydrogen-bond acceptors (Lipinski definition) is 3. The lowest BCUT2D eigenvalue weighted by atomic mass is 10.2. The van der Waals surface area contributed by atoms with Crippen LogP contribution in [0.1, 0.15) is 26.4 Å². The molecule has 2 N–H and O–H groups in total. The van der Waals surface area contributed by atoms with Crippen LogP contribution in [0.3, 0.4) is 0 Å². The van der Waals surface area contributed by atoms with Crippen LogP contribution in [0.5, 0.6) is 0 Å².